The number of carboxylic acids is 1. The Morgan fingerprint density at radius 2 is 2.10 bits per heavy atom. The number of aliphatic carboxylic acids is 1. The van der Waals surface area contributed by atoms with Crippen LogP contribution in [0.15, 0.2) is 34.3 Å². The zero-order valence-corrected chi connectivity index (χ0v) is 11.8. The van der Waals surface area contributed by atoms with E-state index in [1.165, 1.54) is 0 Å². The number of nitrogens with zero attached hydrogens (tertiary/aromatic N) is 2. The highest BCUT2D eigenvalue weighted by atomic mass is 32.2. The van der Waals surface area contributed by atoms with E-state index in [1.54, 1.807) is 44.4 Å². The maximum atomic E-state index is 11.3. The van der Waals surface area contributed by atoms with Gasteiger partial charge in [0.2, 0.25) is 5.16 Å². The van der Waals surface area contributed by atoms with Gasteiger partial charge in [0.1, 0.15) is 16.5 Å². The number of aryl methyl sites for hydroxylation is 1. The Morgan fingerprint density at radius 1 is 1.40 bits per heavy atom. The lowest BCUT2D eigenvalue weighted by Crippen LogP contribution is -1.97. The van der Waals surface area contributed by atoms with E-state index in [2.05, 4.69) is 15.2 Å². The van der Waals surface area contributed by atoms with Gasteiger partial charge in [0.05, 0.1) is 7.11 Å². The van der Waals surface area contributed by atoms with Gasteiger partial charge >= 0.3 is 5.97 Å². The van der Waals surface area contributed by atoms with E-state index >= 15 is 0 Å². The maximum Gasteiger partial charge on any atom is 0.342 e. The summed E-state index contributed by atoms with van der Waals surface area (Å²) in [7, 11) is 1.58. The number of methoxy groups -OCH3 is 1. The number of carbonyl (C=O) groups is 1. The largest absolute Gasteiger partial charge is 0.497 e. The first-order valence-corrected chi connectivity index (χ1v) is 6.56. The summed E-state index contributed by atoms with van der Waals surface area (Å²) in [4.78, 5) is 15.5. The molecule has 0 saturated heterocycles. The number of aromatic amines is 1. The van der Waals surface area contributed by atoms with Crippen LogP contribution >= 0.6 is 11.8 Å². The van der Waals surface area contributed by atoms with Crippen molar-refractivity contribution in [2.75, 3.05) is 7.11 Å². The summed E-state index contributed by atoms with van der Waals surface area (Å²) in [6.45, 7) is 1.75. The van der Waals surface area contributed by atoms with Gasteiger partial charge in [0.25, 0.3) is 0 Å². The van der Waals surface area contributed by atoms with E-state index in [-0.39, 0.29) is 4.91 Å². The van der Waals surface area contributed by atoms with Crippen molar-refractivity contribution in [3.63, 3.8) is 0 Å². The average Bonchev–Trinajstić information content (AvgIpc) is 2.84. The van der Waals surface area contributed by atoms with Crippen LogP contribution in [-0.2, 0) is 4.79 Å². The van der Waals surface area contributed by atoms with Crippen molar-refractivity contribution in [3.05, 3.63) is 40.6 Å². The molecule has 1 heterocycles. The van der Waals surface area contributed by atoms with Crippen LogP contribution < -0.4 is 4.74 Å². The Balaban J connectivity index is 2.22. The number of H-pyrrole nitrogens is 1. The molecule has 1 aromatic heterocycles. The highest BCUT2D eigenvalue weighted by Gasteiger charge is 2.12. The number of thioether (sulfide) groups is 1. The van der Waals surface area contributed by atoms with Crippen LogP contribution in [0.5, 0.6) is 5.75 Å². The summed E-state index contributed by atoms with van der Waals surface area (Å²) in [5, 5.41) is 16.2. The molecule has 0 atom stereocenters. The first-order chi connectivity index (χ1) is 9.58. The highest BCUT2D eigenvalue weighted by Crippen LogP contribution is 2.26. The molecule has 0 fully saturated rings. The number of benzene rings is 1. The molecule has 2 aromatic rings. The van der Waals surface area contributed by atoms with Crippen molar-refractivity contribution in [1.29, 1.82) is 0 Å². The number of ether oxygens (including phenoxy) is 1. The molecule has 0 radical (unpaired) electrons. The molecule has 104 valence electrons. The molecule has 6 nitrogen and oxygen atoms in total. The Morgan fingerprint density at radius 3 is 2.60 bits per heavy atom. The third-order valence-electron chi connectivity index (χ3n) is 2.40. The smallest absolute Gasteiger partial charge is 0.342 e. The first kappa shape index (κ1) is 14.1. The predicted molar refractivity (Wildman–Crippen MR) is 75.6 cm³/mol. The number of carboxylic acid groups (broad SMARTS) is 1. The van der Waals surface area contributed by atoms with E-state index in [1.807, 2.05) is 0 Å². The van der Waals surface area contributed by atoms with Crippen LogP contribution in [0.2, 0.25) is 0 Å². The monoisotopic (exact) mass is 291 g/mol. The molecule has 0 amide bonds. The normalized spacial score (nSPS) is 11.4. The van der Waals surface area contributed by atoms with Gasteiger partial charge in [-0.2, -0.15) is 0 Å². The van der Waals surface area contributed by atoms with Crippen LogP contribution in [0.3, 0.4) is 0 Å². The van der Waals surface area contributed by atoms with E-state index < -0.39 is 5.97 Å². The fourth-order valence-corrected chi connectivity index (χ4v) is 2.21. The van der Waals surface area contributed by atoms with Gasteiger partial charge in [-0.15, -0.1) is 5.10 Å². The van der Waals surface area contributed by atoms with Crippen molar-refractivity contribution < 1.29 is 14.6 Å². The standard InChI is InChI=1S/C13H13N3O3S/c1-8-14-13(16-15-8)20-11(12(17)18)7-9-3-5-10(19-2)6-4-9/h3-7H,1-2H3,(H,17,18)(H,14,15,16)/b11-7-. The molecule has 2 N–H and O–H groups in total. The van der Waals surface area contributed by atoms with Gasteiger partial charge in [-0.3, -0.25) is 5.10 Å². The average molecular weight is 291 g/mol. The Kier molecular flexibility index (Phi) is 4.41. The van der Waals surface area contributed by atoms with E-state index in [0.29, 0.717) is 11.0 Å². The molecule has 7 heteroatoms. The van der Waals surface area contributed by atoms with Crippen LogP contribution in [-0.4, -0.2) is 33.4 Å². The molecule has 0 saturated carbocycles. The number of hydrogen-bond donors (Lipinski definition) is 2. The minimum Gasteiger partial charge on any atom is -0.497 e. The van der Waals surface area contributed by atoms with Crippen LogP contribution in [0, 0.1) is 6.92 Å². The molecular formula is C13H13N3O3S. The minimum atomic E-state index is -1.02. The van der Waals surface area contributed by atoms with Gasteiger partial charge < -0.3 is 9.84 Å². The number of nitrogens with one attached hydrogen (secondary N) is 1. The van der Waals surface area contributed by atoms with Gasteiger partial charge in [-0.25, -0.2) is 9.78 Å². The Bertz CT molecular complexity index is 635. The van der Waals surface area contributed by atoms with Gasteiger partial charge in [-0.05, 0) is 42.5 Å². The lowest BCUT2D eigenvalue weighted by Gasteiger charge is -2.01. The van der Waals surface area contributed by atoms with E-state index in [4.69, 9.17) is 4.74 Å². The van der Waals surface area contributed by atoms with Crippen molar-refractivity contribution in [2.45, 2.75) is 12.1 Å². The fourth-order valence-electron chi connectivity index (χ4n) is 1.45. The fraction of sp³-hybridized carbons (Fsp3) is 0.154. The summed E-state index contributed by atoms with van der Waals surface area (Å²) in [5.74, 6) is 0.339. The van der Waals surface area contributed by atoms with Crippen molar-refractivity contribution in [3.8, 4) is 5.75 Å². The second-order valence-electron chi connectivity index (χ2n) is 3.89. The summed E-state index contributed by atoms with van der Waals surface area (Å²) >= 11 is 0.999. The summed E-state index contributed by atoms with van der Waals surface area (Å²) in [6.07, 6.45) is 1.57. The molecule has 1 aromatic carbocycles. The lowest BCUT2D eigenvalue weighted by atomic mass is 10.2. The molecule has 0 bridgehead atoms. The molecule has 0 aliphatic carbocycles. The van der Waals surface area contributed by atoms with E-state index in [9.17, 15) is 9.90 Å². The quantitative estimate of drug-likeness (QED) is 0.649. The summed E-state index contributed by atoms with van der Waals surface area (Å²) in [6, 6.07) is 7.11. The minimum absolute atomic E-state index is 0.147. The molecular weight excluding hydrogens is 278 g/mol. The summed E-state index contributed by atoms with van der Waals surface area (Å²) in [5.41, 5.74) is 0.767. The first-order valence-electron chi connectivity index (χ1n) is 5.74. The molecule has 20 heavy (non-hydrogen) atoms. The SMILES string of the molecule is COc1ccc(/C=C(\Sc2n[nH]c(C)n2)C(=O)O)cc1. The Hall–Kier alpha value is -2.28. The van der Waals surface area contributed by atoms with E-state index in [0.717, 1.165) is 23.1 Å². The predicted octanol–water partition coefficient (Wildman–Crippen LogP) is 2.34. The highest BCUT2D eigenvalue weighted by molar-refractivity contribution is 8.04. The zero-order valence-electron chi connectivity index (χ0n) is 11.0. The second-order valence-corrected chi connectivity index (χ2v) is 4.90. The van der Waals surface area contributed by atoms with Crippen molar-refractivity contribution in [2.24, 2.45) is 0 Å². The topological polar surface area (TPSA) is 88.1 Å². The third-order valence-corrected chi connectivity index (χ3v) is 3.28. The number of aromatic nitrogens is 3. The summed E-state index contributed by atoms with van der Waals surface area (Å²) < 4.78 is 5.05. The lowest BCUT2D eigenvalue weighted by molar-refractivity contribution is -0.131. The third kappa shape index (κ3) is 3.61. The molecule has 0 spiro atoms. The van der Waals surface area contributed by atoms with Gasteiger partial charge in [-0.1, -0.05) is 12.1 Å². The molecule has 0 aliphatic rings. The second kappa shape index (κ2) is 6.25. The maximum absolute atomic E-state index is 11.3. The van der Waals surface area contributed by atoms with Gasteiger partial charge in [0, 0.05) is 0 Å². The Labute approximate surface area is 119 Å². The molecule has 2 rings (SSSR count). The van der Waals surface area contributed by atoms with Crippen LogP contribution in [0.1, 0.15) is 11.4 Å². The number of rotatable bonds is 5. The van der Waals surface area contributed by atoms with Crippen LogP contribution in [0.25, 0.3) is 6.08 Å². The number of hydrogen-bond acceptors (Lipinski definition) is 5. The van der Waals surface area contributed by atoms with Crippen LogP contribution in [0.4, 0.5) is 0 Å². The van der Waals surface area contributed by atoms with Crippen molar-refractivity contribution in [1.82, 2.24) is 15.2 Å². The molecule has 0 aliphatic heterocycles. The zero-order chi connectivity index (χ0) is 14.5. The van der Waals surface area contributed by atoms with Gasteiger partial charge in [0.15, 0.2) is 0 Å². The molecule has 0 unspecified atom stereocenters. The van der Waals surface area contributed by atoms with Crippen molar-refractivity contribution >= 4 is 23.8 Å².